The summed E-state index contributed by atoms with van der Waals surface area (Å²) in [4.78, 5) is 11.3. The molecule has 1 unspecified atom stereocenters. The Kier molecular flexibility index (Phi) is 6.05. The zero-order chi connectivity index (χ0) is 38.3. The molecule has 0 saturated heterocycles. The molecule has 0 amide bonds. The highest BCUT2D eigenvalue weighted by Crippen LogP contribution is 2.52. The topological polar surface area (TPSA) is 35.1 Å². The van der Waals surface area contributed by atoms with Crippen LogP contribution in [-0.2, 0) is 0 Å². The predicted octanol–water partition coefficient (Wildman–Crippen LogP) is 13.9. The molecule has 1 aliphatic rings. The zero-order valence-electron chi connectivity index (χ0n) is 31.8. The molecule has 0 radical (unpaired) electrons. The number of para-hydroxylation sites is 3. The summed E-state index contributed by atoms with van der Waals surface area (Å²) in [6.45, 7) is 0. The third-order valence-corrected chi connectivity index (χ3v) is 13.1. The molecular weight excluding hydrogens is 717 g/mol. The third-order valence-electron chi connectivity index (χ3n) is 13.1. The van der Waals surface area contributed by atoms with E-state index in [4.69, 9.17) is 9.97 Å². The van der Waals surface area contributed by atoms with E-state index in [0.717, 1.165) is 33.2 Å². The van der Waals surface area contributed by atoms with E-state index in [1.54, 1.807) is 0 Å². The lowest BCUT2D eigenvalue weighted by atomic mass is 9.88. The maximum atomic E-state index is 5.76. The van der Waals surface area contributed by atoms with Crippen molar-refractivity contribution in [2.24, 2.45) is 0 Å². The van der Waals surface area contributed by atoms with Crippen LogP contribution in [0.4, 0.5) is 0 Å². The standard InChI is InChI=1S/C55H32N4/c1-2-16-33(17-3-1)48-36-20-6-7-21-37(36)49-40(48)24-14-25-41(49)52-38-22-8-11-26-44(38)56-55(57-52)59-47-31-43-35-19-9-12-27-45(35)58-46-28-13-10-23-39(46)51(54(43)58)50(47)42-30-29-32-15-4-5-18-34(32)53(42)59/h1-31,48H. The normalized spacial score (nSPS) is 13.9. The monoisotopic (exact) mass is 748 g/mol. The minimum absolute atomic E-state index is 0.138. The van der Waals surface area contributed by atoms with Gasteiger partial charge >= 0.3 is 0 Å². The summed E-state index contributed by atoms with van der Waals surface area (Å²) in [6, 6.07) is 68.6. The van der Waals surface area contributed by atoms with Gasteiger partial charge in [0.05, 0.1) is 38.8 Å². The van der Waals surface area contributed by atoms with Crippen LogP contribution in [0.5, 0.6) is 0 Å². The number of rotatable bonds is 3. The van der Waals surface area contributed by atoms with E-state index in [2.05, 4.69) is 197 Å². The van der Waals surface area contributed by atoms with Crippen molar-refractivity contribution in [1.29, 1.82) is 0 Å². The van der Waals surface area contributed by atoms with Crippen LogP contribution in [-0.4, -0.2) is 18.9 Å². The van der Waals surface area contributed by atoms with Crippen molar-refractivity contribution >= 4 is 81.6 Å². The Bertz CT molecular complexity index is 3910. The molecule has 14 rings (SSSR count). The van der Waals surface area contributed by atoms with Gasteiger partial charge < -0.3 is 4.40 Å². The molecule has 272 valence electrons. The fraction of sp³-hybridized carbons (Fsp3) is 0.0182. The molecule has 9 aromatic carbocycles. The number of fused-ring (bicyclic) bond motifs is 16. The van der Waals surface area contributed by atoms with Crippen LogP contribution in [0.2, 0.25) is 0 Å². The van der Waals surface area contributed by atoms with Gasteiger partial charge in [-0.3, -0.25) is 4.57 Å². The molecule has 59 heavy (non-hydrogen) atoms. The lowest BCUT2D eigenvalue weighted by molar-refractivity contribution is 1.01. The van der Waals surface area contributed by atoms with Gasteiger partial charge in [-0.15, -0.1) is 0 Å². The molecule has 4 heteroatoms. The molecule has 0 bridgehead atoms. The second kappa shape index (κ2) is 11.4. The zero-order valence-corrected chi connectivity index (χ0v) is 31.8. The van der Waals surface area contributed by atoms with E-state index < -0.39 is 0 Å². The van der Waals surface area contributed by atoms with E-state index in [1.807, 2.05) is 0 Å². The van der Waals surface area contributed by atoms with Crippen LogP contribution in [0, 0.1) is 0 Å². The average Bonchev–Trinajstić information content (AvgIpc) is 4.03. The Morgan fingerprint density at radius 1 is 0.407 bits per heavy atom. The van der Waals surface area contributed by atoms with E-state index in [0.29, 0.717) is 5.95 Å². The van der Waals surface area contributed by atoms with Gasteiger partial charge in [0.25, 0.3) is 0 Å². The van der Waals surface area contributed by atoms with Crippen molar-refractivity contribution in [3.8, 4) is 28.3 Å². The van der Waals surface area contributed by atoms with Gasteiger partial charge in [-0.05, 0) is 57.5 Å². The fourth-order valence-electron chi connectivity index (χ4n) is 10.8. The summed E-state index contributed by atoms with van der Waals surface area (Å²) in [7, 11) is 0. The molecule has 0 N–H and O–H groups in total. The summed E-state index contributed by atoms with van der Waals surface area (Å²) in [5, 5.41) is 10.8. The Hall–Kier alpha value is -7.82. The largest absolute Gasteiger partial charge is 0.308 e. The van der Waals surface area contributed by atoms with Crippen molar-refractivity contribution in [3.05, 3.63) is 205 Å². The van der Waals surface area contributed by atoms with Crippen LogP contribution >= 0.6 is 0 Å². The predicted molar refractivity (Wildman–Crippen MR) is 244 cm³/mol. The van der Waals surface area contributed by atoms with Crippen molar-refractivity contribution in [1.82, 2.24) is 18.9 Å². The Balaban J connectivity index is 1.15. The molecule has 13 aromatic rings. The van der Waals surface area contributed by atoms with Gasteiger partial charge in [-0.25, -0.2) is 9.97 Å². The molecule has 0 saturated carbocycles. The highest BCUT2D eigenvalue weighted by molar-refractivity contribution is 6.37. The highest BCUT2D eigenvalue weighted by Gasteiger charge is 2.33. The van der Waals surface area contributed by atoms with Gasteiger partial charge in [-0.1, -0.05) is 164 Å². The minimum Gasteiger partial charge on any atom is -0.308 e. The van der Waals surface area contributed by atoms with Crippen LogP contribution in [0.1, 0.15) is 22.6 Å². The van der Waals surface area contributed by atoms with Crippen LogP contribution in [0.25, 0.3) is 110 Å². The first-order valence-corrected chi connectivity index (χ1v) is 20.4. The number of aromatic nitrogens is 4. The van der Waals surface area contributed by atoms with Crippen LogP contribution < -0.4 is 0 Å². The lowest BCUT2D eigenvalue weighted by Gasteiger charge is -2.16. The van der Waals surface area contributed by atoms with E-state index in [-0.39, 0.29) is 5.92 Å². The van der Waals surface area contributed by atoms with Gasteiger partial charge in [0.15, 0.2) is 0 Å². The summed E-state index contributed by atoms with van der Waals surface area (Å²) < 4.78 is 4.84. The summed E-state index contributed by atoms with van der Waals surface area (Å²) in [5.74, 6) is 0.805. The van der Waals surface area contributed by atoms with Gasteiger partial charge in [0, 0.05) is 54.6 Å². The highest BCUT2D eigenvalue weighted by atomic mass is 15.2. The van der Waals surface area contributed by atoms with Crippen LogP contribution in [0.3, 0.4) is 0 Å². The van der Waals surface area contributed by atoms with Gasteiger partial charge in [-0.2, -0.15) is 0 Å². The third kappa shape index (κ3) is 4.02. The molecule has 4 nitrogen and oxygen atoms in total. The molecule has 4 aromatic heterocycles. The fourth-order valence-corrected chi connectivity index (χ4v) is 10.8. The first-order chi connectivity index (χ1) is 29.3. The molecule has 0 aliphatic heterocycles. The quantitative estimate of drug-likeness (QED) is 0.180. The maximum absolute atomic E-state index is 5.76. The van der Waals surface area contributed by atoms with Gasteiger partial charge in [0.1, 0.15) is 0 Å². The first-order valence-electron chi connectivity index (χ1n) is 20.4. The number of hydrogen-bond acceptors (Lipinski definition) is 2. The number of hydrogen-bond donors (Lipinski definition) is 0. The summed E-state index contributed by atoms with van der Waals surface area (Å²) in [5.41, 5.74) is 15.4. The maximum Gasteiger partial charge on any atom is 0.235 e. The number of nitrogens with zero attached hydrogens (tertiary/aromatic N) is 4. The van der Waals surface area contributed by atoms with E-state index in [9.17, 15) is 0 Å². The molecule has 1 atom stereocenters. The van der Waals surface area contributed by atoms with Crippen molar-refractivity contribution in [3.63, 3.8) is 0 Å². The molecular formula is C55H32N4. The van der Waals surface area contributed by atoms with Crippen molar-refractivity contribution in [2.75, 3.05) is 0 Å². The Morgan fingerprint density at radius 2 is 1.08 bits per heavy atom. The average molecular weight is 749 g/mol. The minimum atomic E-state index is 0.138. The second-order valence-corrected chi connectivity index (χ2v) is 16.0. The smallest absolute Gasteiger partial charge is 0.235 e. The molecule has 0 fully saturated rings. The van der Waals surface area contributed by atoms with E-state index in [1.165, 1.54) is 87.5 Å². The molecule has 0 spiro atoms. The Labute approximate surface area is 338 Å². The van der Waals surface area contributed by atoms with Crippen molar-refractivity contribution in [2.45, 2.75) is 5.92 Å². The van der Waals surface area contributed by atoms with Crippen molar-refractivity contribution < 1.29 is 0 Å². The first kappa shape index (κ1) is 31.3. The number of benzene rings is 9. The van der Waals surface area contributed by atoms with Crippen LogP contribution in [0.15, 0.2) is 188 Å². The SMILES string of the molecule is c1ccc(C2c3ccccc3-c3c(-c4nc(-n5c6cc7c8ccccc8n8c9ccccc9c(c6c6ccc9ccccc9c65)c78)nc5ccccc45)cccc32)cc1. The van der Waals surface area contributed by atoms with Gasteiger partial charge in [0.2, 0.25) is 5.95 Å². The Morgan fingerprint density at radius 3 is 1.97 bits per heavy atom. The molecule has 4 heterocycles. The lowest BCUT2D eigenvalue weighted by Crippen LogP contribution is -2.04. The second-order valence-electron chi connectivity index (χ2n) is 16.0. The summed E-state index contributed by atoms with van der Waals surface area (Å²) >= 11 is 0. The summed E-state index contributed by atoms with van der Waals surface area (Å²) in [6.07, 6.45) is 0. The molecule has 1 aliphatic carbocycles. The van der Waals surface area contributed by atoms with E-state index >= 15 is 0 Å².